The molecule has 10 nitrogen and oxygen atoms in total. The predicted octanol–water partition coefficient (Wildman–Crippen LogP) is 3.04. The van der Waals surface area contributed by atoms with Gasteiger partial charge in [0.2, 0.25) is 23.5 Å². The Morgan fingerprint density at radius 2 is 1.81 bits per heavy atom. The van der Waals surface area contributed by atoms with Crippen LogP contribution in [0.3, 0.4) is 0 Å². The number of benzene rings is 1. The lowest BCUT2D eigenvalue weighted by Gasteiger charge is -2.30. The molecule has 1 saturated heterocycles. The van der Waals surface area contributed by atoms with E-state index in [0.29, 0.717) is 25.9 Å². The first-order chi connectivity index (χ1) is 15.4. The molecule has 4 rings (SSSR count). The Bertz CT molecular complexity index is 1020. The van der Waals surface area contributed by atoms with Gasteiger partial charge in [0.15, 0.2) is 0 Å². The van der Waals surface area contributed by atoms with E-state index in [4.69, 9.17) is 15.0 Å². The van der Waals surface area contributed by atoms with Crippen LogP contribution in [0.4, 0.5) is 36.8 Å². The van der Waals surface area contributed by atoms with Crippen LogP contribution in [-0.2, 0) is 4.74 Å². The lowest BCUT2D eigenvalue weighted by atomic mass is 9.98. The number of rotatable bonds is 7. The van der Waals surface area contributed by atoms with E-state index in [9.17, 15) is 13.2 Å². The largest absolute Gasteiger partial charge is 0.411 e. The van der Waals surface area contributed by atoms with E-state index in [0.717, 1.165) is 5.69 Å². The van der Waals surface area contributed by atoms with Crippen LogP contribution in [0, 0.1) is 5.92 Å². The number of aromatic nitrogens is 5. The van der Waals surface area contributed by atoms with Crippen molar-refractivity contribution in [2.75, 3.05) is 42.3 Å². The van der Waals surface area contributed by atoms with Gasteiger partial charge in [-0.2, -0.15) is 33.1 Å². The molecule has 1 aliphatic rings. The van der Waals surface area contributed by atoms with E-state index in [1.165, 1.54) is 0 Å². The summed E-state index contributed by atoms with van der Waals surface area (Å²) in [6.45, 7) is -0.0379. The Morgan fingerprint density at radius 1 is 1.06 bits per heavy atom. The van der Waals surface area contributed by atoms with Gasteiger partial charge in [-0.15, -0.1) is 0 Å². The van der Waals surface area contributed by atoms with Crippen molar-refractivity contribution in [3.8, 4) is 11.6 Å². The zero-order chi connectivity index (χ0) is 22.6. The number of halogens is 3. The second kappa shape index (κ2) is 9.34. The minimum atomic E-state index is -4.31. The van der Waals surface area contributed by atoms with Gasteiger partial charge in [0, 0.05) is 25.4 Å². The number of hydrogen-bond donors (Lipinski definition) is 2. The molecular formula is C19H21F3N8O2. The van der Waals surface area contributed by atoms with E-state index >= 15 is 0 Å². The highest BCUT2D eigenvalue weighted by molar-refractivity contribution is 5.56. The molecule has 170 valence electrons. The Hall–Kier alpha value is -3.48. The minimum absolute atomic E-state index is 0.000507. The third-order valence-electron chi connectivity index (χ3n) is 4.80. The van der Waals surface area contributed by atoms with Crippen LogP contribution < -0.4 is 16.0 Å². The van der Waals surface area contributed by atoms with E-state index in [2.05, 4.69) is 30.4 Å². The Kier molecular flexibility index (Phi) is 6.35. The van der Waals surface area contributed by atoms with Crippen LogP contribution in [0.25, 0.3) is 11.6 Å². The molecule has 0 aliphatic carbocycles. The van der Waals surface area contributed by atoms with Crippen molar-refractivity contribution in [1.29, 1.82) is 0 Å². The summed E-state index contributed by atoms with van der Waals surface area (Å²) in [4.78, 5) is 18.6. The molecule has 0 bridgehead atoms. The summed E-state index contributed by atoms with van der Waals surface area (Å²) in [7, 11) is 0. The van der Waals surface area contributed by atoms with Crippen molar-refractivity contribution in [3.05, 3.63) is 30.3 Å². The van der Waals surface area contributed by atoms with Crippen LogP contribution in [0.2, 0.25) is 0 Å². The zero-order valence-corrected chi connectivity index (χ0v) is 16.9. The number of ether oxygens (including phenoxy) is 1. The molecule has 1 aromatic carbocycles. The summed E-state index contributed by atoms with van der Waals surface area (Å²) >= 11 is 0. The summed E-state index contributed by atoms with van der Waals surface area (Å²) in [6, 6.07) is 9.60. The second-order valence-corrected chi connectivity index (χ2v) is 7.29. The third-order valence-corrected chi connectivity index (χ3v) is 4.80. The number of nitrogens with one attached hydrogen (secondary N) is 1. The summed E-state index contributed by atoms with van der Waals surface area (Å²) < 4.78 is 46.7. The monoisotopic (exact) mass is 450 g/mol. The van der Waals surface area contributed by atoms with Gasteiger partial charge in [-0.25, -0.2) is 0 Å². The summed E-state index contributed by atoms with van der Waals surface area (Å²) in [5.74, 6) is 0.595. The van der Waals surface area contributed by atoms with Crippen LogP contribution in [0.15, 0.2) is 34.9 Å². The summed E-state index contributed by atoms with van der Waals surface area (Å²) in [5, 5.41) is 6.97. The summed E-state index contributed by atoms with van der Waals surface area (Å²) in [6.07, 6.45) is -3.01. The lowest BCUT2D eigenvalue weighted by Crippen LogP contribution is -2.35. The highest BCUT2D eigenvalue weighted by Gasteiger charge is 2.29. The zero-order valence-electron chi connectivity index (χ0n) is 16.9. The van der Waals surface area contributed by atoms with Crippen molar-refractivity contribution in [2.45, 2.75) is 19.0 Å². The maximum absolute atomic E-state index is 12.2. The SMILES string of the molecule is Nc1nc(Nc2ccccc2)nc(-c2noc(N3CCC(COCC(F)(F)F)CC3)n2)n1. The number of nitrogens with zero attached hydrogens (tertiary/aromatic N) is 6. The number of hydrogen-bond acceptors (Lipinski definition) is 10. The van der Waals surface area contributed by atoms with Crippen LogP contribution in [-0.4, -0.2) is 57.6 Å². The number of nitrogens with two attached hydrogens (primary N) is 1. The first-order valence-corrected chi connectivity index (χ1v) is 9.93. The van der Waals surface area contributed by atoms with Gasteiger partial charge in [0.05, 0.1) is 0 Å². The predicted molar refractivity (Wildman–Crippen MR) is 109 cm³/mol. The van der Waals surface area contributed by atoms with Gasteiger partial charge in [-0.05, 0) is 30.9 Å². The maximum Gasteiger partial charge on any atom is 0.411 e. The van der Waals surface area contributed by atoms with E-state index in [-0.39, 0.29) is 42.1 Å². The quantitative estimate of drug-likeness (QED) is 0.554. The van der Waals surface area contributed by atoms with Crippen LogP contribution in [0.1, 0.15) is 12.8 Å². The average Bonchev–Trinajstić information content (AvgIpc) is 3.24. The van der Waals surface area contributed by atoms with E-state index < -0.39 is 12.8 Å². The summed E-state index contributed by atoms with van der Waals surface area (Å²) in [5.41, 5.74) is 6.58. The smallest absolute Gasteiger partial charge is 0.372 e. The topological polar surface area (TPSA) is 128 Å². The highest BCUT2D eigenvalue weighted by Crippen LogP contribution is 2.25. The standard InChI is InChI=1S/C19H21F3N8O2/c20-19(21,22)11-31-10-12-6-8-30(9-7-12)18-27-15(29-32-18)14-25-16(23)28-17(26-14)24-13-4-2-1-3-5-13/h1-5,12H,6-11H2,(H3,23,24,25,26,28). The third kappa shape index (κ3) is 5.81. The molecule has 13 heteroatoms. The fraction of sp³-hybridized carbons (Fsp3) is 0.421. The minimum Gasteiger partial charge on any atom is -0.372 e. The fourth-order valence-corrected chi connectivity index (χ4v) is 3.27. The van der Waals surface area contributed by atoms with E-state index in [1.807, 2.05) is 35.2 Å². The first kappa shape index (κ1) is 21.7. The van der Waals surface area contributed by atoms with Crippen LogP contribution >= 0.6 is 0 Å². The van der Waals surface area contributed by atoms with Crippen molar-refractivity contribution in [2.24, 2.45) is 5.92 Å². The molecule has 3 N–H and O–H groups in total. The van der Waals surface area contributed by atoms with Gasteiger partial charge in [-0.3, -0.25) is 0 Å². The molecule has 0 unspecified atom stereocenters. The number of para-hydroxylation sites is 1. The number of alkyl halides is 3. The van der Waals surface area contributed by atoms with Crippen LogP contribution in [0.5, 0.6) is 0 Å². The molecule has 2 aromatic heterocycles. The Labute approximate surface area is 181 Å². The molecule has 1 aliphatic heterocycles. The van der Waals surface area contributed by atoms with Gasteiger partial charge in [0.25, 0.3) is 0 Å². The highest BCUT2D eigenvalue weighted by atomic mass is 19.4. The fourth-order valence-electron chi connectivity index (χ4n) is 3.27. The van der Waals surface area contributed by atoms with Gasteiger partial charge in [-0.1, -0.05) is 23.4 Å². The molecular weight excluding hydrogens is 429 g/mol. The molecule has 32 heavy (non-hydrogen) atoms. The molecule has 0 saturated carbocycles. The van der Waals surface area contributed by atoms with E-state index in [1.54, 1.807) is 0 Å². The molecule has 0 atom stereocenters. The molecule has 3 aromatic rings. The molecule has 0 amide bonds. The van der Waals surface area contributed by atoms with Gasteiger partial charge >= 0.3 is 12.2 Å². The van der Waals surface area contributed by atoms with Gasteiger partial charge in [0.1, 0.15) is 6.61 Å². The number of piperidine rings is 1. The first-order valence-electron chi connectivity index (χ1n) is 9.93. The maximum atomic E-state index is 12.2. The molecule has 1 fully saturated rings. The Balaban J connectivity index is 1.37. The lowest BCUT2D eigenvalue weighted by molar-refractivity contribution is -0.176. The molecule has 0 spiro atoms. The second-order valence-electron chi connectivity index (χ2n) is 7.29. The number of nitrogen functional groups attached to an aromatic ring is 1. The van der Waals surface area contributed by atoms with Crippen molar-refractivity contribution < 1.29 is 22.4 Å². The van der Waals surface area contributed by atoms with Crippen molar-refractivity contribution in [3.63, 3.8) is 0 Å². The normalized spacial score (nSPS) is 15.2. The van der Waals surface area contributed by atoms with Crippen molar-refractivity contribution in [1.82, 2.24) is 25.1 Å². The average molecular weight is 450 g/mol. The Morgan fingerprint density at radius 3 is 2.53 bits per heavy atom. The number of anilines is 4. The van der Waals surface area contributed by atoms with Crippen molar-refractivity contribution >= 4 is 23.6 Å². The van der Waals surface area contributed by atoms with Gasteiger partial charge < -0.3 is 25.2 Å². The molecule has 0 radical (unpaired) electrons. The molecule has 3 heterocycles.